The first-order valence-corrected chi connectivity index (χ1v) is 16.5. The lowest BCUT2D eigenvalue weighted by Gasteiger charge is -2.33. The van der Waals surface area contributed by atoms with Crippen LogP contribution in [0, 0.1) is 6.92 Å². The number of hydrogen-bond acceptors (Lipinski definition) is 6. The summed E-state index contributed by atoms with van der Waals surface area (Å²) in [4.78, 5) is 28.8. The predicted molar refractivity (Wildman–Crippen MR) is 166 cm³/mol. The SMILES string of the molecule is CCc1ccc(S(=O)(=O)NC(Cc2ccccc2)C(O)C(=O)N2CSC(C)(C)C2C(=O)NCc2ccccc2C)cc1. The molecule has 0 aliphatic carbocycles. The van der Waals surface area contributed by atoms with Crippen molar-refractivity contribution < 1.29 is 23.1 Å². The summed E-state index contributed by atoms with van der Waals surface area (Å²) in [6, 6.07) is 21.3. The summed E-state index contributed by atoms with van der Waals surface area (Å²) in [5, 5.41) is 14.4. The van der Waals surface area contributed by atoms with E-state index in [1.54, 1.807) is 12.1 Å². The summed E-state index contributed by atoms with van der Waals surface area (Å²) in [7, 11) is -4.07. The van der Waals surface area contributed by atoms with E-state index in [-0.39, 0.29) is 23.1 Å². The summed E-state index contributed by atoms with van der Waals surface area (Å²) in [5.41, 5.74) is 3.76. The normalized spacial score (nSPS) is 17.9. The zero-order valence-corrected chi connectivity index (χ0v) is 26.0. The Bertz CT molecular complexity index is 1490. The number of carbonyl (C=O) groups is 2. The number of sulfonamides is 1. The maximum atomic E-state index is 13.9. The highest BCUT2D eigenvalue weighted by molar-refractivity contribution is 8.00. The number of nitrogens with one attached hydrogen (secondary N) is 2. The van der Waals surface area contributed by atoms with Crippen LogP contribution in [0.2, 0.25) is 0 Å². The second-order valence-electron chi connectivity index (χ2n) is 11.1. The number of nitrogens with zero attached hydrogens (tertiary/aromatic N) is 1. The molecule has 1 heterocycles. The van der Waals surface area contributed by atoms with E-state index < -0.39 is 38.9 Å². The molecule has 0 spiro atoms. The molecule has 3 atom stereocenters. The van der Waals surface area contributed by atoms with Crippen molar-refractivity contribution in [2.24, 2.45) is 0 Å². The van der Waals surface area contributed by atoms with Crippen molar-refractivity contribution in [1.29, 1.82) is 0 Å². The van der Waals surface area contributed by atoms with Crippen LogP contribution in [0.1, 0.15) is 43.0 Å². The summed E-state index contributed by atoms with van der Waals surface area (Å²) >= 11 is 1.44. The number of aliphatic hydroxyl groups is 1. The van der Waals surface area contributed by atoms with E-state index in [2.05, 4.69) is 10.0 Å². The van der Waals surface area contributed by atoms with E-state index in [0.29, 0.717) is 6.54 Å². The zero-order valence-electron chi connectivity index (χ0n) is 24.4. The maximum absolute atomic E-state index is 13.9. The Morgan fingerprint density at radius 3 is 2.29 bits per heavy atom. The maximum Gasteiger partial charge on any atom is 0.254 e. The lowest BCUT2D eigenvalue weighted by atomic mass is 9.97. The molecule has 3 unspecified atom stereocenters. The van der Waals surface area contributed by atoms with Gasteiger partial charge in [0.2, 0.25) is 15.9 Å². The minimum atomic E-state index is -4.07. The quantitative estimate of drug-likeness (QED) is 0.305. The molecule has 224 valence electrons. The Kier molecular flexibility index (Phi) is 10.1. The molecule has 4 rings (SSSR count). The van der Waals surface area contributed by atoms with Crippen LogP contribution < -0.4 is 10.0 Å². The average Bonchev–Trinajstić information content (AvgIpc) is 3.30. The molecule has 0 aromatic heterocycles. The molecule has 0 saturated carbocycles. The van der Waals surface area contributed by atoms with Crippen LogP contribution in [0.25, 0.3) is 0 Å². The summed E-state index contributed by atoms with van der Waals surface area (Å²) < 4.78 is 28.7. The van der Waals surface area contributed by atoms with Gasteiger partial charge in [-0.3, -0.25) is 9.59 Å². The standard InChI is InChI=1S/C32H39N3O5S2/c1-5-23-15-17-26(18-16-23)42(39,40)34-27(19-24-12-7-6-8-13-24)28(36)31(38)35-21-41-32(3,4)29(35)30(37)33-20-25-14-10-9-11-22(25)2/h6-18,27-29,34,36H,5,19-21H2,1-4H3,(H,33,37). The third kappa shape index (κ3) is 7.42. The van der Waals surface area contributed by atoms with Crippen molar-refractivity contribution in [2.75, 3.05) is 5.88 Å². The number of amides is 2. The topological polar surface area (TPSA) is 116 Å². The van der Waals surface area contributed by atoms with Crippen LogP contribution in [-0.2, 0) is 39.0 Å². The van der Waals surface area contributed by atoms with Gasteiger partial charge in [0.25, 0.3) is 5.91 Å². The van der Waals surface area contributed by atoms with Crippen molar-refractivity contribution in [3.05, 3.63) is 101 Å². The number of carbonyl (C=O) groups excluding carboxylic acids is 2. The second kappa shape index (κ2) is 13.4. The molecule has 42 heavy (non-hydrogen) atoms. The lowest BCUT2D eigenvalue weighted by molar-refractivity contribution is -0.147. The fourth-order valence-corrected chi connectivity index (χ4v) is 7.48. The molecule has 2 amide bonds. The van der Waals surface area contributed by atoms with Gasteiger partial charge in [-0.2, -0.15) is 0 Å². The van der Waals surface area contributed by atoms with Gasteiger partial charge < -0.3 is 15.3 Å². The lowest BCUT2D eigenvalue weighted by Crippen LogP contribution is -2.58. The number of aryl methyl sites for hydroxylation is 2. The van der Waals surface area contributed by atoms with E-state index >= 15 is 0 Å². The van der Waals surface area contributed by atoms with Crippen molar-refractivity contribution >= 4 is 33.6 Å². The van der Waals surface area contributed by atoms with Crippen LogP contribution in [0.5, 0.6) is 0 Å². The minimum Gasteiger partial charge on any atom is -0.382 e. The Morgan fingerprint density at radius 2 is 1.64 bits per heavy atom. The fraction of sp³-hybridized carbons (Fsp3) is 0.375. The number of benzene rings is 3. The third-order valence-electron chi connectivity index (χ3n) is 7.67. The molecule has 1 aliphatic rings. The Labute approximate surface area is 253 Å². The van der Waals surface area contributed by atoms with Crippen LogP contribution >= 0.6 is 11.8 Å². The van der Waals surface area contributed by atoms with Gasteiger partial charge in [-0.05, 0) is 68.0 Å². The Balaban J connectivity index is 1.57. The highest BCUT2D eigenvalue weighted by Crippen LogP contribution is 2.40. The van der Waals surface area contributed by atoms with Gasteiger partial charge in [0, 0.05) is 11.3 Å². The van der Waals surface area contributed by atoms with Gasteiger partial charge in [-0.1, -0.05) is 73.7 Å². The van der Waals surface area contributed by atoms with Crippen molar-refractivity contribution in [3.8, 4) is 0 Å². The van der Waals surface area contributed by atoms with E-state index in [4.69, 9.17) is 0 Å². The van der Waals surface area contributed by atoms with Crippen molar-refractivity contribution in [3.63, 3.8) is 0 Å². The number of aliphatic hydroxyl groups excluding tert-OH is 1. The first-order valence-electron chi connectivity index (χ1n) is 14.0. The Morgan fingerprint density at radius 1 is 1.00 bits per heavy atom. The molecule has 3 N–H and O–H groups in total. The molecule has 10 heteroatoms. The highest BCUT2D eigenvalue weighted by atomic mass is 32.2. The van der Waals surface area contributed by atoms with Crippen LogP contribution in [0.3, 0.4) is 0 Å². The number of hydrogen-bond donors (Lipinski definition) is 3. The highest BCUT2D eigenvalue weighted by Gasteiger charge is 2.50. The minimum absolute atomic E-state index is 0.0451. The average molecular weight is 610 g/mol. The van der Waals surface area contributed by atoms with E-state index in [9.17, 15) is 23.1 Å². The van der Waals surface area contributed by atoms with Gasteiger partial charge in [-0.15, -0.1) is 11.8 Å². The molecule has 8 nitrogen and oxygen atoms in total. The molecule has 1 saturated heterocycles. The van der Waals surface area contributed by atoms with Gasteiger partial charge >= 0.3 is 0 Å². The first kappa shape index (κ1) is 31.7. The van der Waals surface area contributed by atoms with Crippen LogP contribution in [0.4, 0.5) is 0 Å². The van der Waals surface area contributed by atoms with E-state index in [1.165, 1.54) is 28.8 Å². The summed E-state index contributed by atoms with van der Waals surface area (Å²) in [6.07, 6.45) is -0.883. The largest absolute Gasteiger partial charge is 0.382 e. The Hall–Kier alpha value is -3.18. The monoisotopic (exact) mass is 609 g/mol. The van der Waals surface area contributed by atoms with Gasteiger partial charge in [-0.25, -0.2) is 13.1 Å². The molecule has 3 aromatic carbocycles. The summed E-state index contributed by atoms with van der Waals surface area (Å²) in [6.45, 7) is 8.03. The van der Waals surface area contributed by atoms with Gasteiger partial charge in [0.15, 0.2) is 0 Å². The third-order valence-corrected chi connectivity index (χ3v) is 10.6. The molecule has 0 bridgehead atoms. The van der Waals surface area contributed by atoms with Crippen molar-refractivity contribution in [1.82, 2.24) is 14.9 Å². The van der Waals surface area contributed by atoms with Gasteiger partial charge in [0.05, 0.1) is 16.8 Å². The first-order chi connectivity index (χ1) is 19.9. The molecule has 3 aromatic rings. The number of rotatable bonds is 11. The zero-order chi connectivity index (χ0) is 30.5. The molecule has 0 radical (unpaired) electrons. The fourth-order valence-electron chi connectivity index (χ4n) is 5.10. The number of thioether (sulfide) groups is 1. The van der Waals surface area contributed by atoms with Gasteiger partial charge in [0.1, 0.15) is 12.1 Å². The van der Waals surface area contributed by atoms with Crippen molar-refractivity contribution in [2.45, 2.75) is 74.9 Å². The van der Waals surface area contributed by atoms with Crippen LogP contribution in [-0.4, -0.2) is 59.1 Å². The molecule has 1 fully saturated rings. The molecule has 1 aliphatic heterocycles. The van der Waals surface area contributed by atoms with E-state index in [1.807, 2.05) is 82.3 Å². The summed E-state index contributed by atoms with van der Waals surface area (Å²) in [5.74, 6) is -0.840. The van der Waals surface area contributed by atoms with Crippen LogP contribution in [0.15, 0.2) is 83.8 Å². The smallest absolute Gasteiger partial charge is 0.254 e. The molecular formula is C32H39N3O5S2. The van der Waals surface area contributed by atoms with E-state index in [0.717, 1.165) is 28.7 Å². The second-order valence-corrected chi connectivity index (χ2v) is 14.4. The predicted octanol–water partition coefficient (Wildman–Crippen LogP) is 3.80. The molecular weight excluding hydrogens is 571 g/mol.